The zero-order valence-corrected chi connectivity index (χ0v) is 14.6. The van der Waals surface area contributed by atoms with Crippen LogP contribution in [0.1, 0.15) is 72.1 Å². The van der Waals surface area contributed by atoms with E-state index in [1.165, 1.54) is 44.9 Å². The summed E-state index contributed by atoms with van der Waals surface area (Å²) in [5, 5.41) is 10.0. The van der Waals surface area contributed by atoms with Crippen molar-refractivity contribution in [2.24, 2.45) is 28.6 Å². The fraction of sp³-hybridized carbons (Fsp3) is 0.810. The average Bonchev–Trinajstić information content (AvgIpc) is 2.84. The summed E-state index contributed by atoms with van der Waals surface area (Å²) < 4.78 is 0. The molecule has 6 atom stereocenters. The van der Waals surface area contributed by atoms with Crippen LogP contribution in [0.5, 0.6) is 0 Å². The van der Waals surface area contributed by atoms with Gasteiger partial charge in [-0.05, 0) is 80.0 Å². The molecule has 0 bridgehead atoms. The van der Waals surface area contributed by atoms with Crippen LogP contribution in [0.15, 0.2) is 23.3 Å². The first kappa shape index (κ1) is 15.0. The van der Waals surface area contributed by atoms with E-state index in [1.54, 1.807) is 11.1 Å². The van der Waals surface area contributed by atoms with Crippen LogP contribution in [-0.4, -0.2) is 11.2 Å². The minimum atomic E-state index is -0.173. The molecular weight excluding hydrogens is 268 g/mol. The SMILES string of the molecule is CCC1=CCC2C3CCC4=CC(O)CC[C@]4(C)C3CC[C@]12C. The lowest BCUT2D eigenvalue weighted by Crippen LogP contribution is -2.50. The Labute approximate surface area is 135 Å². The van der Waals surface area contributed by atoms with Crippen LogP contribution in [0.3, 0.4) is 0 Å². The van der Waals surface area contributed by atoms with Gasteiger partial charge in [0.25, 0.3) is 0 Å². The summed E-state index contributed by atoms with van der Waals surface area (Å²) in [7, 11) is 0. The van der Waals surface area contributed by atoms with Gasteiger partial charge in [-0.15, -0.1) is 0 Å². The molecule has 0 aliphatic heterocycles. The third kappa shape index (κ3) is 1.87. The zero-order chi connectivity index (χ0) is 15.5. The first-order valence-corrected chi connectivity index (χ1v) is 9.58. The Balaban J connectivity index is 1.66. The van der Waals surface area contributed by atoms with E-state index in [0.717, 1.165) is 24.2 Å². The fourth-order valence-electron chi connectivity index (χ4n) is 6.91. The predicted molar refractivity (Wildman–Crippen MR) is 91.5 cm³/mol. The second-order valence-corrected chi connectivity index (χ2v) is 8.91. The monoisotopic (exact) mass is 300 g/mol. The second kappa shape index (κ2) is 4.97. The Morgan fingerprint density at radius 2 is 1.86 bits per heavy atom. The van der Waals surface area contributed by atoms with E-state index in [4.69, 9.17) is 0 Å². The molecule has 4 aliphatic carbocycles. The van der Waals surface area contributed by atoms with E-state index in [0.29, 0.717) is 10.8 Å². The molecule has 0 amide bonds. The van der Waals surface area contributed by atoms with Crippen LogP contribution in [0.2, 0.25) is 0 Å². The highest BCUT2D eigenvalue weighted by Gasteiger charge is 2.56. The maximum Gasteiger partial charge on any atom is 0.0724 e. The minimum Gasteiger partial charge on any atom is -0.389 e. The molecule has 1 heteroatoms. The fourth-order valence-corrected chi connectivity index (χ4v) is 6.91. The van der Waals surface area contributed by atoms with E-state index >= 15 is 0 Å². The lowest BCUT2D eigenvalue weighted by Gasteiger charge is -2.58. The Kier molecular flexibility index (Phi) is 3.39. The van der Waals surface area contributed by atoms with Crippen LogP contribution in [0.4, 0.5) is 0 Å². The van der Waals surface area contributed by atoms with Gasteiger partial charge >= 0.3 is 0 Å². The van der Waals surface area contributed by atoms with Crippen molar-refractivity contribution in [3.63, 3.8) is 0 Å². The van der Waals surface area contributed by atoms with Crippen molar-refractivity contribution in [3.05, 3.63) is 23.3 Å². The van der Waals surface area contributed by atoms with Gasteiger partial charge in [-0.2, -0.15) is 0 Å². The molecule has 4 aliphatic rings. The van der Waals surface area contributed by atoms with Crippen LogP contribution in [-0.2, 0) is 0 Å². The molecular formula is C21H32O. The topological polar surface area (TPSA) is 20.2 Å². The first-order chi connectivity index (χ1) is 10.5. The molecule has 0 radical (unpaired) electrons. The molecule has 1 N–H and O–H groups in total. The van der Waals surface area contributed by atoms with Gasteiger partial charge in [0, 0.05) is 0 Å². The average molecular weight is 300 g/mol. The molecule has 0 heterocycles. The third-order valence-corrected chi connectivity index (χ3v) is 8.21. The number of hydrogen-bond acceptors (Lipinski definition) is 1. The molecule has 0 saturated heterocycles. The van der Waals surface area contributed by atoms with E-state index in [1.807, 2.05) is 0 Å². The van der Waals surface area contributed by atoms with Crippen molar-refractivity contribution in [2.75, 3.05) is 0 Å². The molecule has 0 aromatic heterocycles. The maximum atomic E-state index is 10.0. The number of aliphatic hydroxyl groups is 1. The van der Waals surface area contributed by atoms with E-state index in [9.17, 15) is 5.11 Å². The molecule has 2 saturated carbocycles. The summed E-state index contributed by atoms with van der Waals surface area (Å²) in [6.45, 7) is 7.43. The highest BCUT2D eigenvalue weighted by atomic mass is 16.3. The summed E-state index contributed by atoms with van der Waals surface area (Å²) in [4.78, 5) is 0. The quantitative estimate of drug-likeness (QED) is 0.655. The Morgan fingerprint density at radius 1 is 1.09 bits per heavy atom. The Morgan fingerprint density at radius 3 is 2.64 bits per heavy atom. The normalized spacial score (nSPS) is 50.5. The van der Waals surface area contributed by atoms with E-state index in [-0.39, 0.29) is 6.10 Å². The van der Waals surface area contributed by atoms with Gasteiger partial charge in [0.05, 0.1) is 6.10 Å². The number of rotatable bonds is 1. The Bertz CT molecular complexity index is 530. The van der Waals surface area contributed by atoms with Crippen LogP contribution < -0.4 is 0 Å². The number of allylic oxidation sites excluding steroid dienone is 3. The van der Waals surface area contributed by atoms with E-state index in [2.05, 4.69) is 32.9 Å². The largest absolute Gasteiger partial charge is 0.389 e. The predicted octanol–water partition coefficient (Wildman–Crippen LogP) is 5.26. The summed E-state index contributed by atoms with van der Waals surface area (Å²) in [5.41, 5.74) is 4.24. The summed E-state index contributed by atoms with van der Waals surface area (Å²) in [5.74, 6) is 2.67. The van der Waals surface area contributed by atoms with Gasteiger partial charge in [0.1, 0.15) is 0 Å². The number of aliphatic hydroxyl groups excluding tert-OH is 1. The number of hydrogen-bond donors (Lipinski definition) is 1. The first-order valence-electron chi connectivity index (χ1n) is 9.58. The van der Waals surface area contributed by atoms with Gasteiger partial charge in [0.15, 0.2) is 0 Å². The lowest BCUT2D eigenvalue weighted by molar-refractivity contribution is -0.0347. The van der Waals surface area contributed by atoms with Crippen LogP contribution in [0, 0.1) is 28.6 Å². The van der Waals surface area contributed by atoms with Crippen LogP contribution >= 0.6 is 0 Å². The summed E-state index contributed by atoms with van der Waals surface area (Å²) >= 11 is 0. The van der Waals surface area contributed by atoms with Gasteiger partial charge in [-0.1, -0.05) is 44.1 Å². The van der Waals surface area contributed by atoms with Gasteiger partial charge in [0.2, 0.25) is 0 Å². The highest BCUT2D eigenvalue weighted by Crippen LogP contribution is 2.65. The van der Waals surface area contributed by atoms with Gasteiger partial charge in [-0.25, -0.2) is 0 Å². The van der Waals surface area contributed by atoms with Crippen molar-refractivity contribution in [2.45, 2.75) is 78.2 Å². The molecule has 22 heavy (non-hydrogen) atoms. The van der Waals surface area contributed by atoms with Crippen molar-refractivity contribution >= 4 is 0 Å². The molecule has 0 aromatic rings. The van der Waals surface area contributed by atoms with Crippen molar-refractivity contribution in [3.8, 4) is 0 Å². The standard InChI is InChI=1S/C21H32O/c1-4-14-6-8-18-17-7-5-15-13-16(22)9-11-21(15,3)19(17)10-12-20(14,18)2/h6,13,16-19,22H,4-5,7-12H2,1-3H3/t16?,17?,18?,19?,20-,21+/m1/s1. The third-order valence-electron chi connectivity index (χ3n) is 8.21. The van der Waals surface area contributed by atoms with Crippen LogP contribution in [0.25, 0.3) is 0 Å². The molecule has 122 valence electrons. The second-order valence-electron chi connectivity index (χ2n) is 8.91. The van der Waals surface area contributed by atoms with E-state index < -0.39 is 0 Å². The summed E-state index contributed by atoms with van der Waals surface area (Å²) in [6.07, 6.45) is 14.8. The summed E-state index contributed by atoms with van der Waals surface area (Å²) in [6, 6.07) is 0. The highest BCUT2D eigenvalue weighted by molar-refractivity contribution is 5.29. The van der Waals surface area contributed by atoms with Gasteiger partial charge in [-0.3, -0.25) is 0 Å². The Hall–Kier alpha value is -0.560. The maximum absolute atomic E-state index is 10.0. The zero-order valence-electron chi connectivity index (χ0n) is 14.6. The molecule has 0 spiro atoms. The molecule has 4 rings (SSSR count). The molecule has 2 fully saturated rings. The number of fused-ring (bicyclic) bond motifs is 5. The van der Waals surface area contributed by atoms with Crippen molar-refractivity contribution in [1.82, 2.24) is 0 Å². The smallest absolute Gasteiger partial charge is 0.0724 e. The molecule has 4 unspecified atom stereocenters. The van der Waals surface area contributed by atoms with Gasteiger partial charge < -0.3 is 5.11 Å². The van der Waals surface area contributed by atoms with Crippen molar-refractivity contribution in [1.29, 1.82) is 0 Å². The molecule has 0 aromatic carbocycles. The van der Waals surface area contributed by atoms with Crippen molar-refractivity contribution < 1.29 is 5.11 Å². The lowest BCUT2D eigenvalue weighted by atomic mass is 9.47. The minimum absolute atomic E-state index is 0.173. The molecule has 1 nitrogen and oxygen atoms in total.